The molecule has 0 N–H and O–H groups in total. The molecule has 1 aromatic carbocycles. The van der Waals surface area contributed by atoms with Crippen LogP contribution in [0.15, 0.2) is 35.3 Å². The number of aliphatic imine (C=N–C) groups is 1. The molecule has 0 aliphatic rings. The number of rotatable bonds is 2. The summed E-state index contributed by atoms with van der Waals surface area (Å²) < 4.78 is 0. The van der Waals surface area contributed by atoms with Crippen molar-refractivity contribution in [2.75, 3.05) is 7.05 Å². The summed E-state index contributed by atoms with van der Waals surface area (Å²) in [4.78, 5) is 14.7. The molecule has 0 heterocycles. The van der Waals surface area contributed by atoms with Gasteiger partial charge in [-0.2, -0.15) is 0 Å². The molecule has 0 bridgehead atoms. The maximum atomic E-state index is 11.1. The predicted octanol–water partition coefficient (Wildman–Crippen LogP) is 1.57. The average molecular weight is 147 g/mol. The fraction of sp³-hybridized carbons (Fsp3) is 0.111. The monoisotopic (exact) mass is 147 g/mol. The molecule has 0 atom stereocenters. The van der Waals surface area contributed by atoms with E-state index in [2.05, 4.69) is 4.99 Å². The molecule has 0 fully saturated rings. The number of benzene rings is 1. The fourth-order valence-corrected chi connectivity index (χ4v) is 0.794. The van der Waals surface area contributed by atoms with Gasteiger partial charge >= 0.3 is 0 Å². The van der Waals surface area contributed by atoms with E-state index in [0.29, 0.717) is 5.56 Å². The molecule has 0 unspecified atom stereocenters. The summed E-state index contributed by atoms with van der Waals surface area (Å²) in [5.74, 6) is -0.0481. The minimum Gasteiger partial charge on any atom is -0.292 e. The van der Waals surface area contributed by atoms with E-state index in [0.717, 1.165) is 0 Å². The first-order chi connectivity index (χ1) is 5.34. The second kappa shape index (κ2) is 3.66. The lowest BCUT2D eigenvalue weighted by molar-refractivity contribution is 0.107. The van der Waals surface area contributed by atoms with Crippen molar-refractivity contribution >= 4 is 12.0 Å². The van der Waals surface area contributed by atoms with E-state index in [4.69, 9.17) is 0 Å². The van der Waals surface area contributed by atoms with Crippen LogP contribution in [-0.2, 0) is 0 Å². The molecule has 0 saturated carbocycles. The zero-order valence-corrected chi connectivity index (χ0v) is 6.32. The van der Waals surface area contributed by atoms with Crippen molar-refractivity contribution in [1.82, 2.24) is 0 Å². The van der Waals surface area contributed by atoms with Crippen LogP contribution in [0.2, 0.25) is 0 Å². The molecule has 56 valence electrons. The first-order valence-corrected chi connectivity index (χ1v) is 3.36. The minimum absolute atomic E-state index is 0.0481. The van der Waals surface area contributed by atoms with Gasteiger partial charge in [0.15, 0.2) is 0 Å². The highest BCUT2D eigenvalue weighted by Gasteiger charge is 1.98. The number of hydrogen-bond donors (Lipinski definition) is 0. The molecule has 2 heteroatoms. The number of ketones is 1. The highest BCUT2D eigenvalue weighted by molar-refractivity contribution is 6.35. The molecule has 1 aromatic rings. The standard InChI is InChI=1S/C9H9NO/c1-10-7-9(11)8-5-3-2-4-6-8/h2-7H,1H3. The Bertz CT molecular complexity index is 264. The van der Waals surface area contributed by atoms with Gasteiger partial charge in [0, 0.05) is 12.6 Å². The second-order valence-corrected chi connectivity index (χ2v) is 2.12. The lowest BCUT2D eigenvalue weighted by atomic mass is 10.1. The average Bonchev–Trinajstić information content (AvgIpc) is 2.07. The third-order valence-electron chi connectivity index (χ3n) is 1.30. The fourth-order valence-electron chi connectivity index (χ4n) is 0.794. The Kier molecular flexibility index (Phi) is 2.55. The van der Waals surface area contributed by atoms with Gasteiger partial charge in [-0.05, 0) is 0 Å². The molecule has 11 heavy (non-hydrogen) atoms. The summed E-state index contributed by atoms with van der Waals surface area (Å²) in [6.07, 6.45) is 1.31. The molecule has 0 spiro atoms. The van der Waals surface area contributed by atoms with Gasteiger partial charge in [0.25, 0.3) is 0 Å². The number of carbonyl (C=O) groups excluding carboxylic acids is 1. The van der Waals surface area contributed by atoms with Gasteiger partial charge in [-0.15, -0.1) is 0 Å². The van der Waals surface area contributed by atoms with Crippen molar-refractivity contribution in [3.05, 3.63) is 35.9 Å². The number of carbonyl (C=O) groups is 1. The van der Waals surface area contributed by atoms with E-state index in [9.17, 15) is 4.79 Å². The van der Waals surface area contributed by atoms with E-state index in [1.807, 2.05) is 18.2 Å². The van der Waals surface area contributed by atoms with Gasteiger partial charge < -0.3 is 0 Å². The van der Waals surface area contributed by atoms with Crippen LogP contribution >= 0.6 is 0 Å². The molecule has 0 aromatic heterocycles. The summed E-state index contributed by atoms with van der Waals surface area (Å²) in [7, 11) is 1.58. The predicted molar refractivity (Wildman–Crippen MR) is 45.2 cm³/mol. The number of Topliss-reactive ketones (excluding diaryl/α,β-unsaturated/α-hetero) is 1. The summed E-state index contributed by atoms with van der Waals surface area (Å²) in [5.41, 5.74) is 0.679. The Morgan fingerprint density at radius 3 is 2.55 bits per heavy atom. The van der Waals surface area contributed by atoms with Crippen LogP contribution in [0.5, 0.6) is 0 Å². The summed E-state index contributed by atoms with van der Waals surface area (Å²) in [6.45, 7) is 0. The van der Waals surface area contributed by atoms with Crippen LogP contribution in [0.3, 0.4) is 0 Å². The van der Waals surface area contributed by atoms with Crippen molar-refractivity contribution in [3.63, 3.8) is 0 Å². The van der Waals surface area contributed by atoms with Crippen molar-refractivity contribution in [2.24, 2.45) is 4.99 Å². The Hall–Kier alpha value is -1.44. The van der Waals surface area contributed by atoms with E-state index in [1.54, 1.807) is 19.2 Å². The van der Waals surface area contributed by atoms with E-state index in [1.165, 1.54) is 6.21 Å². The van der Waals surface area contributed by atoms with Crippen molar-refractivity contribution in [3.8, 4) is 0 Å². The van der Waals surface area contributed by atoms with E-state index in [-0.39, 0.29) is 5.78 Å². The molecule has 0 radical (unpaired) electrons. The Morgan fingerprint density at radius 2 is 2.00 bits per heavy atom. The molecule has 2 nitrogen and oxygen atoms in total. The normalized spacial score (nSPS) is 10.3. The maximum absolute atomic E-state index is 11.1. The molecular weight excluding hydrogens is 138 g/mol. The van der Waals surface area contributed by atoms with Crippen LogP contribution in [0.1, 0.15) is 10.4 Å². The zero-order chi connectivity index (χ0) is 8.10. The molecule has 0 amide bonds. The van der Waals surface area contributed by atoms with Gasteiger partial charge in [0.2, 0.25) is 5.78 Å². The highest BCUT2D eigenvalue weighted by Crippen LogP contribution is 1.97. The van der Waals surface area contributed by atoms with Crippen LogP contribution in [0.4, 0.5) is 0 Å². The molecule has 0 aliphatic heterocycles. The highest BCUT2D eigenvalue weighted by atomic mass is 16.1. The third-order valence-corrected chi connectivity index (χ3v) is 1.30. The van der Waals surface area contributed by atoms with Crippen LogP contribution < -0.4 is 0 Å². The number of nitrogens with zero attached hydrogens (tertiary/aromatic N) is 1. The summed E-state index contributed by atoms with van der Waals surface area (Å²) in [5, 5.41) is 0. The third kappa shape index (κ3) is 2.00. The van der Waals surface area contributed by atoms with Gasteiger partial charge in [-0.1, -0.05) is 30.3 Å². The maximum Gasteiger partial charge on any atom is 0.203 e. The first kappa shape index (κ1) is 7.66. The van der Waals surface area contributed by atoms with Gasteiger partial charge in [0.05, 0.1) is 6.21 Å². The molecule has 0 aliphatic carbocycles. The molecule has 0 saturated heterocycles. The van der Waals surface area contributed by atoms with Crippen molar-refractivity contribution in [1.29, 1.82) is 0 Å². The second-order valence-electron chi connectivity index (χ2n) is 2.12. The Balaban J connectivity index is 2.86. The van der Waals surface area contributed by atoms with Crippen LogP contribution in [-0.4, -0.2) is 19.0 Å². The van der Waals surface area contributed by atoms with Gasteiger partial charge in [-0.3, -0.25) is 9.79 Å². The minimum atomic E-state index is -0.0481. The van der Waals surface area contributed by atoms with E-state index < -0.39 is 0 Å². The van der Waals surface area contributed by atoms with Crippen molar-refractivity contribution < 1.29 is 4.79 Å². The Labute approximate surface area is 65.6 Å². The van der Waals surface area contributed by atoms with Crippen LogP contribution in [0.25, 0.3) is 0 Å². The SMILES string of the molecule is CN=CC(=O)c1ccccc1. The lowest BCUT2D eigenvalue weighted by Crippen LogP contribution is -1.98. The van der Waals surface area contributed by atoms with E-state index >= 15 is 0 Å². The van der Waals surface area contributed by atoms with Crippen molar-refractivity contribution in [2.45, 2.75) is 0 Å². The van der Waals surface area contributed by atoms with Crippen LogP contribution in [0, 0.1) is 0 Å². The largest absolute Gasteiger partial charge is 0.292 e. The molecular formula is C9H9NO. The first-order valence-electron chi connectivity index (χ1n) is 3.36. The van der Waals surface area contributed by atoms with Gasteiger partial charge in [0.1, 0.15) is 0 Å². The quantitative estimate of drug-likeness (QED) is 0.461. The molecule has 1 rings (SSSR count). The summed E-state index contributed by atoms with van der Waals surface area (Å²) >= 11 is 0. The Morgan fingerprint density at radius 1 is 1.36 bits per heavy atom. The zero-order valence-electron chi connectivity index (χ0n) is 6.32. The smallest absolute Gasteiger partial charge is 0.203 e. The topological polar surface area (TPSA) is 29.4 Å². The number of hydrogen-bond acceptors (Lipinski definition) is 2. The van der Waals surface area contributed by atoms with Gasteiger partial charge in [-0.25, -0.2) is 0 Å². The lowest BCUT2D eigenvalue weighted by Gasteiger charge is -1.91. The summed E-state index contributed by atoms with van der Waals surface area (Å²) in [6, 6.07) is 9.07.